The predicted octanol–water partition coefficient (Wildman–Crippen LogP) is 1.70. The molecule has 13 heavy (non-hydrogen) atoms. The molecular formula is C10H16O3. The molecule has 0 aromatic rings. The van der Waals surface area contributed by atoms with Gasteiger partial charge in [-0.2, -0.15) is 0 Å². The van der Waals surface area contributed by atoms with Crippen LogP contribution in [0.1, 0.15) is 39.5 Å². The molecule has 0 saturated heterocycles. The van der Waals surface area contributed by atoms with Gasteiger partial charge in [-0.05, 0) is 26.7 Å². The summed E-state index contributed by atoms with van der Waals surface area (Å²) in [5.74, 6) is -0.308. The van der Waals surface area contributed by atoms with Crippen LogP contribution in [0.25, 0.3) is 0 Å². The molecule has 0 unspecified atom stereocenters. The first-order valence-electron chi connectivity index (χ1n) is 4.82. The van der Waals surface area contributed by atoms with Crippen LogP contribution in [-0.2, 0) is 14.3 Å². The number of esters is 1. The van der Waals surface area contributed by atoms with Gasteiger partial charge in [0.1, 0.15) is 11.2 Å². The summed E-state index contributed by atoms with van der Waals surface area (Å²) in [6, 6.07) is 0. The molecule has 0 radical (unpaired) electrons. The van der Waals surface area contributed by atoms with E-state index < -0.39 is 5.41 Å². The molecule has 3 heteroatoms. The van der Waals surface area contributed by atoms with E-state index in [0.717, 1.165) is 12.8 Å². The molecule has 0 aromatic carbocycles. The third-order valence-electron chi connectivity index (χ3n) is 2.67. The van der Waals surface area contributed by atoms with Gasteiger partial charge in [0.25, 0.3) is 0 Å². The van der Waals surface area contributed by atoms with E-state index in [9.17, 15) is 9.59 Å². The second kappa shape index (κ2) is 3.90. The lowest BCUT2D eigenvalue weighted by atomic mass is 9.75. The molecule has 0 aliphatic heterocycles. The zero-order valence-corrected chi connectivity index (χ0v) is 8.26. The predicted molar refractivity (Wildman–Crippen MR) is 48.2 cm³/mol. The largest absolute Gasteiger partial charge is 0.465 e. The molecule has 0 bridgehead atoms. The Labute approximate surface area is 78.5 Å². The summed E-state index contributed by atoms with van der Waals surface area (Å²) in [6.45, 7) is 3.81. The first kappa shape index (κ1) is 10.2. The number of ether oxygens (including phenoxy) is 1. The lowest BCUT2D eigenvalue weighted by Crippen LogP contribution is -2.40. The first-order chi connectivity index (χ1) is 6.11. The number of rotatable bonds is 2. The summed E-state index contributed by atoms with van der Waals surface area (Å²) in [7, 11) is 0. The maximum atomic E-state index is 11.5. The van der Waals surface area contributed by atoms with E-state index in [2.05, 4.69) is 0 Å². The third-order valence-corrected chi connectivity index (χ3v) is 2.67. The molecule has 1 aliphatic rings. The highest BCUT2D eigenvalue weighted by atomic mass is 16.5. The molecule has 0 amide bonds. The van der Waals surface area contributed by atoms with Gasteiger partial charge in [-0.1, -0.05) is 6.42 Å². The van der Waals surface area contributed by atoms with Crippen molar-refractivity contribution in [3.8, 4) is 0 Å². The fraction of sp³-hybridized carbons (Fsp3) is 0.800. The molecule has 1 saturated carbocycles. The molecule has 1 rings (SSSR count). The highest BCUT2D eigenvalue weighted by Crippen LogP contribution is 2.33. The molecule has 0 N–H and O–H groups in total. The van der Waals surface area contributed by atoms with Gasteiger partial charge in [-0.15, -0.1) is 0 Å². The molecule has 1 atom stereocenters. The van der Waals surface area contributed by atoms with Crippen molar-refractivity contribution in [3.05, 3.63) is 0 Å². The SMILES string of the molecule is CCOC(=O)[C@]1(C)CCCCC1=O. The van der Waals surface area contributed by atoms with Gasteiger partial charge in [0.05, 0.1) is 6.61 Å². The number of ketones is 1. The van der Waals surface area contributed by atoms with Crippen molar-refractivity contribution in [3.63, 3.8) is 0 Å². The Hall–Kier alpha value is -0.860. The Morgan fingerprint density at radius 3 is 2.77 bits per heavy atom. The van der Waals surface area contributed by atoms with Gasteiger partial charge in [-0.25, -0.2) is 0 Å². The van der Waals surface area contributed by atoms with Gasteiger partial charge < -0.3 is 4.74 Å². The van der Waals surface area contributed by atoms with E-state index in [1.54, 1.807) is 13.8 Å². The van der Waals surface area contributed by atoms with Crippen molar-refractivity contribution in [2.24, 2.45) is 5.41 Å². The van der Waals surface area contributed by atoms with Crippen LogP contribution in [-0.4, -0.2) is 18.4 Å². The molecule has 0 spiro atoms. The number of Topliss-reactive ketones (excluding diaryl/α,β-unsaturated/α-hetero) is 1. The smallest absolute Gasteiger partial charge is 0.319 e. The van der Waals surface area contributed by atoms with Crippen LogP contribution in [0.4, 0.5) is 0 Å². The molecular weight excluding hydrogens is 168 g/mol. The fourth-order valence-corrected chi connectivity index (χ4v) is 1.69. The summed E-state index contributed by atoms with van der Waals surface area (Å²) in [5.41, 5.74) is -0.853. The zero-order valence-electron chi connectivity index (χ0n) is 8.26. The van der Waals surface area contributed by atoms with Crippen LogP contribution in [0.15, 0.2) is 0 Å². The molecule has 3 nitrogen and oxygen atoms in total. The van der Waals surface area contributed by atoms with Crippen molar-refractivity contribution >= 4 is 11.8 Å². The summed E-state index contributed by atoms with van der Waals surface area (Å²) in [4.78, 5) is 23.0. The minimum atomic E-state index is -0.853. The van der Waals surface area contributed by atoms with E-state index in [0.29, 0.717) is 19.4 Å². The average Bonchev–Trinajstić information content (AvgIpc) is 2.11. The highest BCUT2D eigenvalue weighted by molar-refractivity contribution is 6.03. The van der Waals surface area contributed by atoms with Gasteiger partial charge in [-0.3, -0.25) is 9.59 Å². The van der Waals surface area contributed by atoms with Crippen LogP contribution in [0.2, 0.25) is 0 Å². The van der Waals surface area contributed by atoms with Gasteiger partial charge >= 0.3 is 5.97 Å². The summed E-state index contributed by atoms with van der Waals surface area (Å²) in [6.07, 6.45) is 3.02. The van der Waals surface area contributed by atoms with Crippen LogP contribution < -0.4 is 0 Å². The Morgan fingerprint density at radius 2 is 2.23 bits per heavy atom. The number of carbonyl (C=O) groups excluding carboxylic acids is 2. The number of carbonyl (C=O) groups is 2. The lowest BCUT2D eigenvalue weighted by molar-refractivity contribution is -0.160. The average molecular weight is 184 g/mol. The molecule has 0 aromatic heterocycles. The normalized spacial score (nSPS) is 28.6. The Balaban J connectivity index is 2.71. The van der Waals surface area contributed by atoms with E-state index in [4.69, 9.17) is 4.74 Å². The molecule has 74 valence electrons. The van der Waals surface area contributed by atoms with E-state index in [1.807, 2.05) is 0 Å². The van der Waals surface area contributed by atoms with Crippen molar-refractivity contribution < 1.29 is 14.3 Å². The van der Waals surface area contributed by atoms with Crippen LogP contribution in [0.3, 0.4) is 0 Å². The van der Waals surface area contributed by atoms with E-state index >= 15 is 0 Å². The minimum Gasteiger partial charge on any atom is -0.465 e. The van der Waals surface area contributed by atoms with Gasteiger partial charge in [0.15, 0.2) is 0 Å². The molecule has 1 aliphatic carbocycles. The fourth-order valence-electron chi connectivity index (χ4n) is 1.69. The van der Waals surface area contributed by atoms with E-state index in [1.165, 1.54) is 0 Å². The summed E-state index contributed by atoms with van der Waals surface area (Å²) in [5, 5.41) is 0. The Kier molecular flexibility index (Phi) is 3.07. The minimum absolute atomic E-state index is 0.0391. The second-order valence-electron chi connectivity index (χ2n) is 3.68. The highest BCUT2D eigenvalue weighted by Gasteiger charge is 2.43. The molecule has 1 fully saturated rings. The monoisotopic (exact) mass is 184 g/mol. The third kappa shape index (κ3) is 1.90. The summed E-state index contributed by atoms with van der Waals surface area (Å²) >= 11 is 0. The first-order valence-corrected chi connectivity index (χ1v) is 4.82. The van der Waals surface area contributed by atoms with Crippen molar-refractivity contribution in [2.45, 2.75) is 39.5 Å². The topological polar surface area (TPSA) is 43.4 Å². The maximum absolute atomic E-state index is 11.5. The quantitative estimate of drug-likeness (QED) is 0.484. The van der Waals surface area contributed by atoms with Crippen molar-refractivity contribution in [2.75, 3.05) is 6.61 Å². The Morgan fingerprint density at radius 1 is 1.54 bits per heavy atom. The standard InChI is InChI=1S/C10H16O3/c1-3-13-9(12)10(2)7-5-4-6-8(10)11/h3-7H2,1-2H3/t10-/m1/s1. The number of hydrogen-bond donors (Lipinski definition) is 0. The summed E-state index contributed by atoms with van der Waals surface area (Å²) < 4.78 is 4.89. The van der Waals surface area contributed by atoms with Gasteiger partial charge in [0.2, 0.25) is 0 Å². The second-order valence-corrected chi connectivity index (χ2v) is 3.68. The van der Waals surface area contributed by atoms with E-state index in [-0.39, 0.29) is 11.8 Å². The zero-order chi connectivity index (χ0) is 9.90. The maximum Gasteiger partial charge on any atom is 0.319 e. The van der Waals surface area contributed by atoms with Crippen LogP contribution in [0, 0.1) is 5.41 Å². The lowest BCUT2D eigenvalue weighted by Gasteiger charge is -2.29. The van der Waals surface area contributed by atoms with Crippen LogP contribution in [0.5, 0.6) is 0 Å². The van der Waals surface area contributed by atoms with Crippen LogP contribution >= 0.6 is 0 Å². The van der Waals surface area contributed by atoms with Crippen molar-refractivity contribution in [1.82, 2.24) is 0 Å². The van der Waals surface area contributed by atoms with Crippen molar-refractivity contribution in [1.29, 1.82) is 0 Å². The van der Waals surface area contributed by atoms with Gasteiger partial charge in [0, 0.05) is 6.42 Å². The molecule has 0 heterocycles. The number of hydrogen-bond acceptors (Lipinski definition) is 3. The Bertz CT molecular complexity index is 222.